The van der Waals surface area contributed by atoms with Crippen LogP contribution < -0.4 is 15.4 Å². The fourth-order valence-electron chi connectivity index (χ4n) is 2.79. The first-order chi connectivity index (χ1) is 8.43. The Morgan fingerprint density at radius 3 is 2.94 bits per heavy atom. The van der Waals surface area contributed by atoms with Crippen LogP contribution >= 0.6 is 12.4 Å². The summed E-state index contributed by atoms with van der Waals surface area (Å²) in [6.45, 7) is 3.09. The highest BCUT2D eigenvalue weighted by Gasteiger charge is 2.24. The third-order valence-electron chi connectivity index (χ3n) is 3.69. The van der Waals surface area contributed by atoms with Gasteiger partial charge in [-0.15, -0.1) is 12.4 Å². The van der Waals surface area contributed by atoms with E-state index in [1.165, 1.54) is 24.9 Å². The molecule has 1 aromatic carbocycles. The molecule has 100 valence electrons. The lowest BCUT2D eigenvalue weighted by Gasteiger charge is -2.32. The minimum atomic E-state index is 0. The fourth-order valence-corrected chi connectivity index (χ4v) is 2.79. The second kappa shape index (κ2) is 6.41. The van der Waals surface area contributed by atoms with E-state index in [9.17, 15) is 0 Å². The van der Waals surface area contributed by atoms with Crippen LogP contribution in [0.1, 0.15) is 30.9 Å². The zero-order valence-corrected chi connectivity index (χ0v) is 11.3. The number of benzene rings is 1. The van der Waals surface area contributed by atoms with Crippen molar-refractivity contribution in [2.75, 3.05) is 19.7 Å². The molecule has 3 nitrogen and oxygen atoms in total. The Morgan fingerprint density at radius 2 is 2.11 bits per heavy atom. The van der Waals surface area contributed by atoms with Gasteiger partial charge in [0.25, 0.3) is 0 Å². The number of ether oxygens (including phenoxy) is 1. The first-order valence-corrected chi connectivity index (χ1v) is 6.62. The van der Waals surface area contributed by atoms with Gasteiger partial charge in [0.1, 0.15) is 5.75 Å². The van der Waals surface area contributed by atoms with Crippen molar-refractivity contribution < 1.29 is 4.74 Å². The Hall–Kier alpha value is -0.770. The minimum Gasteiger partial charge on any atom is -0.493 e. The van der Waals surface area contributed by atoms with Crippen LogP contribution in [0, 0.1) is 0 Å². The van der Waals surface area contributed by atoms with Gasteiger partial charge >= 0.3 is 0 Å². The van der Waals surface area contributed by atoms with Gasteiger partial charge in [0.05, 0.1) is 6.61 Å². The van der Waals surface area contributed by atoms with E-state index in [0.717, 1.165) is 25.3 Å². The maximum Gasteiger partial charge on any atom is 0.124 e. The lowest BCUT2D eigenvalue weighted by Crippen LogP contribution is -2.45. The lowest BCUT2D eigenvalue weighted by molar-refractivity contribution is 0.236. The average molecular weight is 269 g/mol. The topological polar surface area (TPSA) is 33.3 Å². The summed E-state index contributed by atoms with van der Waals surface area (Å²) in [4.78, 5) is 0. The van der Waals surface area contributed by atoms with Gasteiger partial charge < -0.3 is 15.4 Å². The summed E-state index contributed by atoms with van der Waals surface area (Å²) in [6, 6.07) is 9.47. The molecule has 2 atom stereocenters. The summed E-state index contributed by atoms with van der Waals surface area (Å²) in [5, 5.41) is 7.23. The maximum absolute atomic E-state index is 5.69. The molecule has 2 aliphatic heterocycles. The summed E-state index contributed by atoms with van der Waals surface area (Å²) in [5.41, 5.74) is 1.32. The molecule has 0 saturated carbocycles. The van der Waals surface area contributed by atoms with Gasteiger partial charge in [0.15, 0.2) is 0 Å². The molecule has 2 unspecified atom stereocenters. The molecule has 0 aliphatic carbocycles. The van der Waals surface area contributed by atoms with Gasteiger partial charge in [-0.2, -0.15) is 0 Å². The van der Waals surface area contributed by atoms with Crippen LogP contribution in [0.25, 0.3) is 0 Å². The molecule has 0 aromatic heterocycles. The highest BCUT2D eigenvalue weighted by molar-refractivity contribution is 5.85. The van der Waals surface area contributed by atoms with Crippen LogP contribution in [-0.4, -0.2) is 25.7 Å². The number of halogens is 1. The molecule has 0 bridgehead atoms. The Balaban J connectivity index is 0.00000120. The molecule has 2 heterocycles. The Kier molecular flexibility index (Phi) is 4.87. The first-order valence-electron chi connectivity index (χ1n) is 6.62. The minimum absolute atomic E-state index is 0. The van der Waals surface area contributed by atoms with Crippen molar-refractivity contribution in [1.82, 2.24) is 10.6 Å². The fraction of sp³-hybridized carbons (Fsp3) is 0.571. The van der Waals surface area contributed by atoms with Crippen LogP contribution in [0.15, 0.2) is 24.3 Å². The molecule has 4 heteroatoms. The lowest BCUT2D eigenvalue weighted by atomic mass is 9.98. The van der Waals surface area contributed by atoms with Gasteiger partial charge in [0.2, 0.25) is 0 Å². The maximum atomic E-state index is 5.69. The Morgan fingerprint density at radius 1 is 1.22 bits per heavy atom. The van der Waals surface area contributed by atoms with Crippen LogP contribution in [-0.2, 0) is 0 Å². The Bertz CT molecular complexity index is 380. The van der Waals surface area contributed by atoms with Crippen LogP contribution in [0.3, 0.4) is 0 Å². The van der Waals surface area contributed by atoms with Gasteiger partial charge in [-0.25, -0.2) is 0 Å². The summed E-state index contributed by atoms with van der Waals surface area (Å²) in [7, 11) is 0. The summed E-state index contributed by atoms with van der Waals surface area (Å²) < 4.78 is 5.69. The van der Waals surface area contributed by atoms with Crippen molar-refractivity contribution in [2.45, 2.75) is 31.3 Å². The normalized spacial score (nSPS) is 26.7. The third-order valence-corrected chi connectivity index (χ3v) is 3.69. The molecule has 0 spiro atoms. The van der Waals surface area contributed by atoms with Crippen molar-refractivity contribution in [3.05, 3.63) is 29.8 Å². The van der Waals surface area contributed by atoms with Crippen LogP contribution in [0.4, 0.5) is 0 Å². The van der Waals surface area contributed by atoms with E-state index in [-0.39, 0.29) is 12.4 Å². The van der Waals surface area contributed by atoms with Crippen molar-refractivity contribution >= 4 is 12.4 Å². The summed E-state index contributed by atoms with van der Waals surface area (Å²) in [6.07, 6.45) is 3.64. The largest absolute Gasteiger partial charge is 0.493 e. The predicted octanol–water partition coefficient (Wildman–Crippen LogP) is 2.27. The molecule has 2 N–H and O–H groups in total. The van der Waals surface area contributed by atoms with Crippen molar-refractivity contribution in [2.24, 2.45) is 0 Å². The third kappa shape index (κ3) is 2.97. The molecule has 18 heavy (non-hydrogen) atoms. The highest BCUT2D eigenvalue weighted by Crippen LogP contribution is 2.32. The number of nitrogens with one attached hydrogen (secondary N) is 2. The van der Waals surface area contributed by atoms with Crippen molar-refractivity contribution in [1.29, 1.82) is 0 Å². The highest BCUT2D eigenvalue weighted by atomic mass is 35.5. The van der Waals surface area contributed by atoms with Gasteiger partial charge in [-0.05, 0) is 25.5 Å². The zero-order valence-electron chi connectivity index (χ0n) is 10.5. The van der Waals surface area contributed by atoms with E-state index in [4.69, 9.17) is 4.74 Å². The van der Waals surface area contributed by atoms with Gasteiger partial charge in [-0.1, -0.05) is 18.2 Å². The summed E-state index contributed by atoms with van der Waals surface area (Å²) in [5.74, 6) is 1.06. The van der Waals surface area contributed by atoms with E-state index >= 15 is 0 Å². The van der Waals surface area contributed by atoms with Gasteiger partial charge in [-0.3, -0.25) is 0 Å². The van der Waals surface area contributed by atoms with Crippen molar-refractivity contribution in [3.63, 3.8) is 0 Å². The Labute approximate surface area is 115 Å². The number of piperidine rings is 1. The van der Waals surface area contributed by atoms with Crippen LogP contribution in [0.2, 0.25) is 0 Å². The predicted molar refractivity (Wildman–Crippen MR) is 75.6 cm³/mol. The average Bonchev–Trinajstić information content (AvgIpc) is 2.40. The van der Waals surface area contributed by atoms with E-state index < -0.39 is 0 Å². The number of hydrogen-bond donors (Lipinski definition) is 2. The SMILES string of the molecule is Cl.c1ccc2c(c1)OCCC2NC1CCCNC1. The standard InChI is InChI=1S/C14H20N2O.ClH/c1-2-6-14-12(5-1)13(7-9-17-14)16-11-4-3-8-15-10-11;/h1-2,5-6,11,13,15-16H,3-4,7-10H2;1H. The monoisotopic (exact) mass is 268 g/mol. The number of hydrogen-bond acceptors (Lipinski definition) is 3. The van der Waals surface area contributed by atoms with E-state index in [0.29, 0.717) is 12.1 Å². The van der Waals surface area contributed by atoms with E-state index in [1.807, 2.05) is 6.07 Å². The van der Waals surface area contributed by atoms with Crippen molar-refractivity contribution in [3.8, 4) is 5.75 Å². The molecule has 1 aromatic rings. The molecule has 0 radical (unpaired) electrons. The summed E-state index contributed by atoms with van der Waals surface area (Å²) >= 11 is 0. The molecule has 0 amide bonds. The molecular weight excluding hydrogens is 248 g/mol. The number of fused-ring (bicyclic) bond motifs is 1. The first kappa shape index (κ1) is 13.7. The van der Waals surface area contributed by atoms with Crippen LogP contribution in [0.5, 0.6) is 5.75 Å². The molecule has 1 saturated heterocycles. The smallest absolute Gasteiger partial charge is 0.124 e. The molecule has 3 rings (SSSR count). The van der Waals surface area contributed by atoms with Gasteiger partial charge in [0, 0.05) is 30.6 Å². The molecule has 1 fully saturated rings. The number of rotatable bonds is 2. The van der Waals surface area contributed by atoms with E-state index in [2.05, 4.69) is 28.8 Å². The molecular formula is C14H21ClN2O. The zero-order chi connectivity index (χ0) is 11.5. The second-order valence-electron chi connectivity index (χ2n) is 4.94. The quantitative estimate of drug-likeness (QED) is 0.863. The number of para-hydroxylation sites is 1. The second-order valence-corrected chi connectivity index (χ2v) is 4.94. The van der Waals surface area contributed by atoms with E-state index in [1.54, 1.807) is 0 Å². The molecule has 2 aliphatic rings.